The Morgan fingerprint density at radius 2 is 0.308 bits per heavy atom. The average molecular weight is 601 g/mol. The van der Waals surface area contributed by atoms with Gasteiger partial charge in [0.1, 0.15) is 0 Å². The first-order valence-electron chi connectivity index (χ1n) is 3.29. The van der Waals surface area contributed by atoms with Gasteiger partial charge in [0.05, 0.1) is 30.5 Å². The Bertz CT molecular complexity index is 263. The fraction of sp³-hybridized carbons (Fsp3) is 0. The molecule has 0 rings (SSSR count). The van der Waals surface area contributed by atoms with Crippen molar-refractivity contribution in [2.24, 2.45) is 0 Å². The van der Waals surface area contributed by atoms with Gasteiger partial charge in [-0.1, -0.05) is 0 Å². The van der Waals surface area contributed by atoms with Gasteiger partial charge in [-0.25, -0.2) is 0 Å². The molecular weight excluding hydrogens is 601 g/mol. The third-order valence-corrected chi connectivity index (χ3v) is 0. The molecule has 26 heteroatoms. The van der Waals surface area contributed by atoms with Gasteiger partial charge in [0.25, 0.3) is 0 Å². The predicted octanol–water partition coefficient (Wildman–Crippen LogP) is -1.82. The van der Waals surface area contributed by atoms with E-state index in [2.05, 4.69) is 0 Å². The molecule has 0 heterocycles. The van der Waals surface area contributed by atoms with E-state index in [1.54, 1.807) is 0 Å². The van der Waals surface area contributed by atoms with Crippen LogP contribution < -0.4 is 0 Å². The van der Waals surface area contributed by atoms with E-state index in [-0.39, 0.29) is 75.1 Å². The average Bonchev–Trinajstić information content (AvgIpc) is 2.08. The predicted molar refractivity (Wildman–Crippen MR) is 67.9 cm³/mol. The third-order valence-electron chi connectivity index (χ3n) is 0. The normalized spacial score (nSPS) is 5.54. The molecule has 0 bridgehead atoms. The molecule has 0 aliphatic carbocycles. The molecule has 0 spiro atoms. The zero-order valence-electron chi connectivity index (χ0n) is 11.2. The number of hydrogen-bond acceptors (Lipinski definition) is 18. The van der Waals surface area contributed by atoms with Crippen LogP contribution in [-0.4, -0.2) is 79.4 Å². The smallest absolute Gasteiger partial charge is 0.356 e. The van der Waals surface area contributed by atoms with E-state index in [4.69, 9.17) is 91.9 Å². The first kappa shape index (κ1) is 49.5. The molecule has 24 nitrogen and oxygen atoms in total. The van der Waals surface area contributed by atoms with Gasteiger partial charge in [0.2, 0.25) is 0 Å². The van der Waals surface area contributed by atoms with Crippen LogP contribution >= 0.6 is 0 Å². The summed E-state index contributed by atoms with van der Waals surface area (Å²) in [7, 11) is 0. The molecule has 0 unspecified atom stereocenters. The first-order valence-corrected chi connectivity index (χ1v) is 3.29. The third kappa shape index (κ3) is 1680. The van der Waals surface area contributed by atoms with Gasteiger partial charge >= 0.3 is 75.1 Å². The number of nitrogens with zero attached hydrogens (tertiary/aromatic N) is 6. The Morgan fingerprint density at radius 1 is 0.308 bits per heavy atom. The molecule has 0 N–H and O–H groups in total. The van der Waals surface area contributed by atoms with Crippen LogP contribution in [0, 0.1) is 91.9 Å². The molecule has 0 aromatic heterocycles. The van der Waals surface area contributed by atoms with Crippen LogP contribution in [0.15, 0.2) is 0 Å². The molecule has 0 fully saturated rings. The molecule has 0 aromatic carbocycles. The van der Waals surface area contributed by atoms with Crippen molar-refractivity contribution in [3.8, 4) is 0 Å². The van der Waals surface area contributed by atoms with Gasteiger partial charge in [-0.3, -0.25) is 0 Å². The monoisotopic (exact) mass is 600 g/mol. The van der Waals surface area contributed by atoms with E-state index in [1.807, 2.05) is 0 Å². The number of hydrogen-bond donors (Lipinski definition) is 0. The second-order valence-electron chi connectivity index (χ2n) is 1.34. The van der Waals surface area contributed by atoms with E-state index in [9.17, 15) is 0 Å². The zero-order valence-corrected chi connectivity index (χ0v) is 18.1. The van der Waals surface area contributed by atoms with E-state index in [1.165, 1.54) is 0 Å². The molecule has 0 saturated carbocycles. The van der Waals surface area contributed by atoms with Crippen LogP contribution in [0.5, 0.6) is 0 Å². The molecule has 0 radical (unpaired) electrons. The summed E-state index contributed by atoms with van der Waals surface area (Å²) in [5, 5.41) is 88.5. The summed E-state index contributed by atoms with van der Waals surface area (Å²) in [6, 6.07) is 0. The van der Waals surface area contributed by atoms with Crippen LogP contribution in [0.1, 0.15) is 0 Å². The summed E-state index contributed by atoms with van der Waals surface area (Å²) in [6.45, 7) is 0. The molecule has 0 aromatic rings. The SMILES string of the molecule is O=[N+]([O-])[O-].O=[N+]([O-])[O-].O=[N+]([O-])[O-].O=[N+]([O-])[O-].O=[N+]([O-])[O-].O=[N+]([O-])[O-].[Ba+2].[Zr+4]. The molecule has 0 amide bonds. The van der Waals surface area contributed by atoms with E-state index < -0.39 is 30.5 Å². The second-order valence-corrected chi connectivity index (χ2v) is 1.34. The summed E-state index contributed by atoms with van der Waals surface area (Å²) in [6.07, 6.45) is 0. The minimum absolute atomic E-state index is 0. The van der Waals surface area contributed by atoms with Crippen LogP contribution in [0.2, 0.25) is 0 Å². The molecule has 0 aliphatic rings. The van der Waals surface area contributed by atoms with Crippen molar-refractivity contribution in [1.82, 2.24) is 0 Å². The van der Waals surface area contributed by atoms with Crippen molar-refractivity contribution in [3.05, 3.63) is 91.9 Å². The standard InChI is InChI=1S/Ba.6NO3.Zr/c;6*2-1(3)4;/q+2;6*-1;+4. The summed E-state index contributed by atoms with van der Waals surface area (Å²) in [4.78, 5) is 49.5. The van der Waals surface area contributed by atoms with Gasteiger partial charge in [-0.2, -0.15) is 0 Å². The maximum Gasteiger partial charge on any atom is 4.00 e. The fourth-order valence-corrected chi connectivity index (χ4v) is 0. The van der Waals surface area contributed by atoms with Crippen molar-refractivity contribution in [3.63, 3.8) is 0 Å². The van der Waals surface area contributed by atoms with Gasteiger partial charge < -0.3 is 91.9 Å². The molecule has 0 saturated heterocycles. The van der Waals surface area contributed by atoms with Crippen LogP contribution in [0.4, 0.5) is 0 Å². The Balaban J connectivity index is -0.0000000245. The molecule has 0 aliphatic heterocycles. The topological polar surface area (TPSA) is 397 Å². The van der Waals surface area contributed by atoms with Crippen molar-refractivity contribution in [2.45, 2.75) is 0 Å². The first-order chi connectivity index (χ1) is 10.4. The van der Waals surface area contributed by atoms with Crippen molar-refractivity contribution in [1.29, 1.82) is 0 Å². The quantitative estimate of drug-likeness (QED) is 0.168. The number of rotatable bonds is 0. The van der Waals surface area contributed by atoms with E-state index >= 15 is 0 Å². The Hall–Kier alpha value is -2.35. The summed E-state index contributed by atoms with van der Waals surface area (Å²) >= 11 is 0. The Morgan fingerprint density at radius 3 is 0.308 bits per heavy atom. The molecular formula is BaN6O18Zr. The van der Waals surface area contributed by atoms with E-state index in [0.717, 1.165) is 0 Å². The summed E-state index contributed by atoms with van der Waals surface area (Å²) in [5.41, 5.74) is 0. The van der Waals surface area contributed by atoms with Gasteiger partial charge in [-0.05, 0) is 0 Å². The summed E-state index contributed by atoms with van der Waals surface area (Å²) in [5.74, 6) is 0. The maximum atomic E-state index is 8.25. The summed E-state index contributed by atoms with van der Waals surface area (Å²) < 4.78 is 0. The minimum Gasteiger partial charge on any atom is -0.356 e. The Labute approximate surface area is 196 Å². The van der Waals surface area contributed by atoms with Crippen LogP contribution in [-0.2, 0) is 26.2 Å². The molecule has 26 heavy (non-hydrogen) atoms. The fourth-order valence-electron chi connectivity index (χ4n) is 0. The zero-order chi connectivity index (χ0) is 21.5. The Kier molecular flexibility index (Phi) is 82.6. The van der Waals surface area contributed by atoms with E-state index in [0.29, 0.717) is 0 Å². The van der Waals surface area contributed by atoms with Gasteiger partial charge in [0, 0.05) is 0 Å². The second kappa shape index (κ2) is 43.3. The van der Waals surface area contributed by atoms with Crippen molar-refractivity contribution in [2.75, 3.05) is 0 Å². The van der Waals surface area contributed by atoms with Crippen molar-refractivity contribution >= 4 is 48.9 Å². The van der Waals surface area contributed by atoms with Crippen molar-refractivity contribution < 1.29 is 56.7 Å². The van der Waals surface area contributed by atoms with Gasteiger partial charge in [0.15, 0.2) is 0 Å². The largest absolute Gasteiger partial charge is 4.00 e. The molecule has 144 valence electrons. The van der Waals surface area contributed by atoms with Crippen LogP contribution in [0.3, 0.4) is 0 Å². The molecule has 0 atom stereocenters. The van der Waals surface area contributed by atoms with Crippen LogP contribution in [0.25, 0.3) is 0 Å². The van der Waals surface area contributed by atoms with Gasteiger partial charge in [-0.15, -0.1) is 0 Å². The maximum absolute atomic E-state index is 8.25. The minimum atomic E-state index is -1.75.